The lowest BCUT2D eigenvalue weighted by Gasteiger charge is -2.36. The van der Waals surface area contributed by atoms with Gasteiger partial charge in [-0.1, -0.05) is 38.1 Å². The third kappa shape index (κ3) is 5.51. The molecule has 0 radical (unpaired) electrons. The molecule has 0 fully saturated rings. The van der Waals surface area contributed by atoms with Crippen LogP contribution in [0, 0.1) is 5.92 Å². The number of hydrogen-bond donors (Lipinski definition) is 1. The summed E-state index contributed by atoms with van der Waals surface area (Å²) in [7, 11) is 1.34. The normalized spacial score (nSPS) is 15.6. The lowest BCUT2D eigenvalue weighted by molar-refractivity contribution is -0.140. The number of hydrogen-bond acceptors (Lipinski definition) is 4. The first-order valence-electron chi connectivity index (χ1n) is 10.1. The van der Waals surface area contributed by atoms with Gasteiger partial charge in [-0.15, -0.1) is 0 Å². The van der Waals surface area contributed by atoms with Crippen LogP contribution in [-0.4, -0.2) is 36.5 Å². The molecule has 6 nitrogen and oxygen atoms in total. The van der Waals surface area contributed by atoms with Gasteiger partial charge < -0.3 is 19.7 Å². The molecule has 1 N–H and O–H groups in total. The number of carbonyl (C=O) groups is 2. The maximum Gasteiger partial charge on any atom is 0.387 e. The summed E-state index contributed by atoms with van der Waals surface area (Å²) in [4.78, 5) is 27.6. The van der Waals surface area contributed by atoms with Crippen molar-refractivity contribution >= 4 is 17.5 Å². The maximum absolute atomic E-state index is 13.1. The summed E-state index contributed by atoms with van der Waals surface area (Å²) >= 11 is 0. The van der Waals surface area contributed by atoms with Gasteiger partial charge in [0, 0.05) is 31.1 Å². The van der Waals surface area contributed by atoms with E-state index in [1.165, 1.54) is 25.3 Å². The van der Waals surface area contributed by atoms with Crippen molar-refractivity contribution in [2.75, 3.05) is 12.4 Å². The number of fused-ring (bicyclic) bond motifs is 1. The van der Waals surface area contributed by atoms with Gasteiger partial charge in [0.15, 0.2) is 11.5 Å². The molecule has 1 aliphatic rings. The molecule has 8 heteroatoms. The summed E-state index contributed by atoms with van der Waals surface area (Å²) in [6, 6.07) is 11.3. The number of methoxy groups -OCH3 is 1. The fraction of sp³-hybridized carbons (Fsp3) is 0.391. The average Bonchev–Trinajstić information content (AvgIpc) is 2.72. The fourth-order valence-corrected chi connectivity index (χ4v) is 3.65. The van der Waals surface area contributed by atoms with E-state index in [0.717, 1.165) is 11.1 Å². The molecule has 2 amide bonds. The van der Waals surface area contributed by atoms with Crippen molar-refractivity contribution in [2.24, 2.45) is 5.92 Å². The highest BCUT2D eigenvalue weighted by molar-refractivity contribution is 5.98. The second-order valence-corrected chi connectivity index (χ2v) is 7.84. The molecular weight excluding hydrogens is 406 g/mol. The first kappa shape index (κ1) is 22.5. The zero-order chi connectivity index (χ0) is 22.5. The molecule has 0 aromatic heterocycles. The lowest BCUT2D eigenvalue weighted by Crippen LogP contribution is -2.50. The highest BCUT2D eigenvalue weighted by atomic mass is 19.3. The minimum atomic E-state index is -3.03. The second kappa shape index (κ2) is 9.76. The van der Waals surface area contributed by atoms with Crippen LogP contribution in [0.5, 0.6) is 11.5 Å². The third-order valence-corrected chi connectivity index (χ3v) is 5.10. The standard InChI is InChI=1S/C23H26F2N2O4/c1-14(2)10-21(28)27-13-16-7-5-4-6-15(16)11-18(27)22(29)26-17-8-9-19(30-3)20(12-17)31-23(24)25/h4-9,12,14,18,23H,10-11,13H2,1-3H3,(H,26,29). The lowest BCUT2D eigenvalue weighted by atomic mass is 9.92. The van der Waals surface area contributed by atoms with Gasteiger partial charge in [0.1, 0.15) is 6.04 Å². The second-order valence-electron chi connectivity index (χ2n) is 7.84. The highest BCUT2D eigenvalue weighted by Gasteiger charge is 2.34. The monoisotopic (exact) mass is 432 g/mol. The van der Waals surface area contributed by atoms with Crippen LogP contribution in [0.4, 0.5) is 14.5 Å². The molecule has 0 saturated heterocycles. The molecule has 1 unspecified atom stereocenters. The smallest absolute Gasteiger partial charge is 0.387 e. The Morgan fingerprint density at radius 3 is 2.48 bits per heavy atom. The molecule has 1 heterocycles. The first-order chi connectivity index (χ1) is 14.8. The number of ether oxygens (including phenoxy) is 2. The van der Waals surface area contributed by atoms with Crippen molar-refractivity contribution < 1.29 is 27.8 Å². The van der Waals surface area contributed by atoms with Crippen LogP contribution >= 0.6 is 0 Å². The van der Waals surface area contributed by atoms with Crippen molar-refractivity contribution in [3.63, 3.8) is 0 Å². The van der Waals surface area contributed by atoms with Crippen LogP contribution in [0.2, 0.25) is 0 Å². The predicted molar refractivity (Wildman–Crippen MR) is 112 cm³/mol. The van der Waals surface area contributed by atoms with Gasteiger partial charge in [-0.25, -0.2) is 0 Å². The Balaban J connectivity index is 1.85. The highest BCUT2D eigenvalue weighted by Crippen LogP contribution is 2.32. The van der Waals surface area contributed by atoms with Crippen molar-refractivity contribution in [3.05, 3.63) is 53.6 Å². The zero-order valence-corrected chi connectivity index (χ0v) is 17.7. The van der Waals surface area contributed by atoms with Crippen LogP contribution in [0.3, 0.4) is 0 Å². The van der Waals surface area contributed by atoms with E-state index in [-0.39, 0.29) is 34.9 Å². The number of amides is 2. The molecule has 1 aliphatic heterocycles. The quantitative estimate of drug-likeness (QED) is 0.711. The Morgan fingerprint density at radius 1 is 1.13 bits per heavy atom. The van der Waals surface area contributed by atoms with E-state index in [2.05, 4.69) is 10.1 Å². The van der Waals surface area contributed by atoms with E-state index >= 15 is 0 Å². The van der Waals surface area contributed by atoms with E-state index < -0.39 is 12.7 Å². The number of nitrogens with zero attached hydrogens (tertiary/aromatic N) is 1. The van der Waals surface area contributed by atoms with Gasteiger partial charge in [-0.3, -0.25) is 9.59 Å². The maximum atomic E-state index is 13.1. The van der Waals surface area contributed by atoms with Crippen molar-refractivity contribution in [1.29, 1.82) is 0 Å². The van der Waals surface area contributed by atoms with Gasteiger partial charge in [0.05, 0.1) is 7.11 Å². The van der Waals surface area contributed by atoms with E-state index in [1.54, 1.807) is 4.90 Å². The summed E-state index contributed by atoms with van der Waals surface area (Å²) in [6.07, 6.45) is 0.712. The van der Waals surface area contributed by atoms with Crippen LogP contribution in [-0.2, 0) is 22.6 Å². The minimum absolute atomic E-state index is 0.0962. The van der Waals surface area contributed by atoms with Crippen molar-refractivity contribution in [3.8, 4) is 11.5 Å². The molecule has 166 valence electrons. The Kier molecular flexibility index (Phi) is 7.09. The van der Waals surface area contributed by atoms with Gasteiger partial charge >= 0.3 is 6.61 Å². The Labute approximate surface area is 180 Å². The Morgan fingerprint density at radius 2 is 1.84 bits per heavy atom. The van der Waals surface area contributed by atoms with Gasteiger partial charge in [0.2, 0.25) is 11.8 Å². The number of carbonyl (C=O) groups excluding carboxylic acids is 2. The third-order valence-electron chi connectivity index (χ3n) is 5.10. The Hall–Kier alpha value is -3.16. The number of benzene rings is 2. The molecule has 1 atom stereocenters. The summed E-state index contributed by atoms with van der Waals surface area (Å²) in [6.45, 7) is 1.22. The summed E-state index contributed by atoms with van der Waals surface area (Å²) in [5.41, 5.74) is 2.30. The first-order valence-corrected chi connectivity index (χ1v) is 10.1. The molecule has 2 aromatic carbocycles. The number of anilines is 1. The Bertz CT molecular complexity index is 949. The molecule has 0 spiro atoms. The van der Waals surface area contributed by atoms with Crippen molar-refractivity contribution in [2.45, 2.75) is 45.9 Å². The topological polar surface area (TPSA) is 67.9 Å². The predicted octanol–water partition coefficient (Wildman–Crippen LogP) is 4.23. The van der Waals surface area contributed by atoms with Crippen LogP contribution in [0.1, 0.15) is 31.4 Å². The van der Waals surface area contributed by atoms with E-state index in [4.69, 9.17) is 4.74 Å². The van der Waals surface area contributed by atoms with E-state index in [9.17, 15) is 18.4 Å². The van der Waals surface area contributed by atoms with E-state index in [1.807, 2.05) is 38.1 Å². The summed E-state index contributed by atoms with van der Waals surface area (Å²) in [5, 5.41) is 2.73. The zero-order valence-electron chi connectivity index (χ0n) is 17.7. The minimum Gasteiger partial charge on any atom is -0.493 e. The number of rotatable bonds is 7. The van der Waals surface area contributed by atoms with Gasteiger partial charge in [-0.05, 0) is 29.2 Å². The molecule has 0 aliphatic carbocycles. The molecular formula is C23H26F2N2O4. The molecule has 2 aromatic rings. The van der Waals surface area contributed by atoms with E-state index in [0.29, 0.717) is 19.4 Å². The van der Waals surface area contributed by atoms with Crippen LogP contribution in [0.15, 0.2) is 42.5 Å². The SMILES string of the molecule is COc1ccc(NC(=O)C2Cc3ccccc3CN2C(=O)CC(C)C)cc1OC(F)F. The largest absolute Gasteiger partial charge is 0.493 e. The number of nitrogens with one attached hydrogen (secondary N) is 1. The molecule has 31 heavy (non-hydrogen) atoms. The fourth-order valence-electron chi connectivity index (χ4n) is 3.65. The van der Waals surface area contributed by atoms with Crippen LogP contribution in [0.25, 0.3) is 0 Å². The van der Waals surface area contributed by atoms with Crippen molar-refractivity contribution in [1.82, 2.24) is 4.90 Å². The van der Waals surface area contributed by atoms with Gasteiger partial charge in [-0.2, -0.15) is 8.78 Å². The van der Waals surface area contributed by atoms with Crippen LogP contribution < -0.4 is 14.8 Å². The summed E-state index contributed by atoms with van der Waals surface area (Å²) < 4.78 is 34.9. The average molecular weight is 432 g/mol. The number of halogens is 2. The summed E-state index contributed by atoms with van der Waals surface area (Å²) in [5.74, 6) is -0.388. The molecule has 0 saturated carbocycles. The molecule has 3 rings (SSSR count). The molecule has 0 bridgehead atoms. The number of alkyl halides is 2. The van der Waals surface area contributed by atoms with Gasteiger partial charge in [0.25, 0.3) is 0 Å².